The number of hydrogen-bond donors (Lipinski definition) is 2. The van der Waals surface area contributed by atoms with Gasteiger partial charge in [-0.15, -0.1) is 0 Å². The molecule has 2 aromatic rings. The van der Waals surface area contributed by atoms with Crippen LogP contribution in [0.1, 0.15) is 39.2 Å². The Bertz CT molecular complexity index is 723. The summed E-state index contributed by atoms with van der Waals surface area (Å²) in [4.78, 5) is 7.45. The van der Waals surface area contributed by atoms with E-state index in [1.54, 1.807) is 0 Å². The smallest absolute Gasteiger partial charge is 0.159 e. The van der Waals surface area contributed by atoms with E-state index in [2.05, 4.69) is 41.4 Å². The minimum atomic E-state index is 0.223. The first kappa shape index (κ1) is 15.7. The van der Waals surface area contributed by atoms with Crippen LogP contribution in [0.2, 0.25) is 0 Å². The minimum Gasteiger partial charge on any atom is -0.369 e. The first-order valence-electron chi connectivity index (χ1n) is 9.11. The molecule has 1 fully saturated rings. The second-order valence-corrected chi connectivity index (χ2v) is 8.22. The van der Waals surface area contributed by atoms with Gasteiger partial charge in [-0.05, 0) is 31.2 Å². The first-order valence-corrected chi connectivity index (χ1v) is 9.11. The van der Waals surface area contributed by atoms with E-state index in [1.807, 2.05) is 16.8 Å². The van der Waals surface area contributed by atoms with E-state index in [0.717, 1.165) is 49.9 Å². The summed E-state index contributed by atoms with van der Waals surface area (Å²) in [5.41, 5.74) is 2.48. The lowest BCUT2D eigenvalue weighted by molar-refractivity contribution is 0.436. The van der Waals surface area contributed by atoms with Gasteiger partial charge >= 0.3 is 0 Å². The van der Waals surface area contributed by atoms with E-state index in [1.165, 1.54) is 18.4 Å². The Labute approximate surface area is 143 Å². The topological polar surface area (TPSA) is 57.5 Å². The molecule has 0 saturated carbocycles. The molecule has 2 aliphatic rings. The van der Waals surface area contributed by atoms with Crippen LogP contribution in [-0.4, -0.2) is 46.8 Å². The zero-order chi connectivity index (χ0) is 16.7. The van der Waals surface area contributed by atoms with Crippen LogP contribution >= 0.6 is 0 Å². The number of piperidine rings is 1. The van der Waals surface area contributed by atoms with Gasteiger partial charge in [0, 0.05) is 37.3 Å². The number of rotatable bonds is 3. The van der Waals surface area contributed by atoms with E-state index in [4.69, 9.17) is 4.98 Å². The van der Waals surface area contributed by atoms with Gasteiger partial charge in [-0.25, -0.2) is 4.98 Å². The number of nitrogens with zero attached hydrogens (tertiary/aromatic N) is 4. The Morgan fingerprint density at radius 3 is 3.00 bits per heavy atom. The van der Waals surface area contributed by atoms with Crippen LogP contribution in [-0.2, 0) is 6.42 Å². The van der Waals surface area contributed by atoms with Crippen LogP contribution in [0.15, 0.2) is 12.3 Å². The minimum absolute atomic E-state index is 0.223. The number of nitrogens with one attached hydrogen (secondary N) is 2. The lowest BCUT2D eigenvalue weighted by atomic mass is 9.97. The normalized spacial score (nSPS) is 21.3. The molecule has 0 amide bonds. The molecule has 4 rings (SSSR count). The van der Waals surface area contributed by atoms with Crippen molar-refractivity contribution in [1.29, 1.82) is 0 Å². The van der Waals surface area contributed by atoms with E-state index in [0.29, 0.717) is 6.04 Å². The number of hydrogen-bond acceptors (Lipinski definition) is 5. The lowest BCUT2D eigenvalue weighted by Gasteiger charge is -2.33. The molecule has 2 aliphatic heterocycles. The maximum Gasteiger partial charge on any atom is 0.159 e. The van der Waals surface area contributed by atoms with Crippen molar-refractivity contribution < 1.29 is 0 Å². The van der Waals surface area contributed by atoms with E-state index in [-0.39, 0.29) is 5.41 Å². The molecule has 6 nitrogen and oxygen atoms in total. The van der Waals surface area contributed by atoms with Crippen molar-refractivity contribution in [3.05, 3.63) is 17.8 Å². The summed E-state index contributed by atoms with van der Waals surface area (Å²) in [5.74, 6) is 2.29. The number of anilines is 2. The lowest BCUT2D eigenvalue weighted by Crippen LogP contribution is -2.45. The molecular formula is C18H28N6. The summed E-state index contributed by atoms with van der Waals surface area (Å²) in [6.07, 6.45) is 5.39. The average Bonchev–Trinajstić information content (AvgIpc) is 3.18. The summed E-state index contributed by atoms with van der Waals surface area (Å²) < 4.78 is 1.97. The van der Waals surface area contributed by atoms with Gasteiger partial charge < -0.3 is 15.5 Å². The van der Waals surface area contributed by atoms with Crippen LogP contribution in [0, 0.1) is 5.41 Å². The third-order valence-electron chi connectivity index (χ3n) is 4.98. The molecule has 2 N–H and O–H groups in total. The van der Waals surface area contributed by atoms with Crippen LogP contribution in [0.5, 0.6) is 0 Å². The predicted molar refractivity (Wildman–Crippen MR) is 97.9 cm³/mol. The van der Waals surface area contributed by atoms with Crippen LogP contribution in [0.25, 0.3) is 5.65 Å². The molecule has 0 spiro atoms. The quantitative estimate of drug-likeness (QED) is 0.905. The van der Waals surface area contributed by atoms with Crippen molar-refractivity contribution in [2.24, 2.45) is 5.41 Å². The summed E-state index contributed by atoms with van der Waals surface area (Å²) in [5, 5.41) is 11.7. The molecular weight excluding hydrogens is 300 g/mol. The van der Waals surface area contributed by atoms with Gasteiger partial charge in [0.2, 0.25) is 0 Å². The summed E-state index contributed by atoms with van der Waals surface area (Å²) >= 11 is 0. The molecule has 1 saturated heterocycles. The highest BCUT2D eigenvalue weighted by Crippen LogP contribution is 2.35. The zero-order valence-electron chi connectivity index (χ0n) is 15.0. The monoisotopic (exact) mass is 328 g/mol. The van der Waals surface area contributed by atoms with E-state index in [9.17, 15) is 0 Å². The maximum absolute atomic E-state index is 4.94. The Morgan fingerprint density at radius 2 is 2.25 bits per heavy atom. The highest BCUT2D eigenvalue weighted by atomic mass is 15.3. The van der Waals surface area contributed by atoms with Crippen molar-refractivity contribution in [2.75, 3.05) is 36.4 Å². The van der Waals surface area contributed by atoms with Gasteiger partial charge in [0.05, 0.1) is 6.20 Å². The van der Waals surface area contributed by atoms with Crippen molar-refractivity contribution >= 4 is 17.3 Å². The SMILES string of the molecule is CC(C)(C)CNc1c2c(nc3ccnn13)N(C1CCCNC1)CC2. The van der Waals surface area contributed by atoms with Gasteiger partial charge in [-0.1, -0.05) is 20.8 Å². The predicted octanol–water partition coefficient (Wildman–Crippen LogP) is 2.30. The van der Waals surface area contributed by atoms with Crippen LogP contribution in [0.4, 0.5) is 11.6 Å². The molecule has 0 aromatic carbocycles. The van der Waals surface area contributed by atoms with Crippen LogP contribution in [0.3, 0.4) is 0 Å². The van der Waals surface area contributed by atoms with Gasteiger partial charge in [-0.3, -0.25) is 0 Å². The van der Waals surface area contributed by atoms with Crippen molar-refractivity contribution in [3.8, 4) is 0 Å². The van der Waals surface area contributed by atoms with Gasteiger partial charge in [-0.2, -0.15) is 9.61 Å². The molecule has 130 valence electrons. The van der Waals surface area contributed by atoms with E-state index < -0.39 is 0 Å². The van der Waals surface area contributed by atoms with Crippen molar-refractivity contribution in [3.63, 3.8) is 0 Å². The Balaban J connectivity index is 1.72. The largest absolute Gasteiger partial charge is 0.369 e. The molecule has 0 radical (unpaired) electrons. The fourth-order valence-corrected chi connectivity index (χ4v) is 3.75. The maximum atomic E-state index is 4.94. The van der Waals surface area contributed by atoms with Gasteiger partial charge in [0.25, 0.3) is 0 Å². The molecule has 24 heavy (non-hydrogen) atoms. The van der Waals surface area contributed by atoms with Crippen molar-refractivity contribution in [1.82, 2.24) is 19.9 Å². The third kappa shape index (κ3) is 2.83. The molecule has 6 heteroatoms. The van der Waals surface area contributed by atoms with Gasteiger partial charge in [0.15, 0.2) is 5.65 Å². The van der Waals surface area contributed by atoms with Gasteiger partial charge in [0.1, 0.15) is 11.6 Å². The number of fused-ring (bicyclic) bond motifs is 2. The second kappa shape index (κ2) is 5.92. The highest BCUT2D eigenvalue weighted by Gasteiger charge is 2.32. The van der Waals surface area contributed by atoms with E-state index >= 15 is 0 Å². The molecule has 0 bridgehead atoms. The zero-order valence-corrected chi connectivity index (χ0v) is 15.0. The summed E-state index contributed by atoms with van der Waals surface area (Å²) in [6, 6.07) is 2.56. The fraction of sp³-hybridized carbons (Fsp3) is 0.667. The Morgan fingerprint density at radius 1 is 1.38 bits per heavy atom. The Kier molecular flexibility index (Phi) is 3.87. The average molecular weight is 328 g/mol. The fourth-order valence-electron chi connectivity index (χ4n) is 3.75. The first-order chi connectivity index (χ1) is 11.5. The Hall–Kier alpha value is -1.82. The molecule has 0 aliphatic carbocycles. The second-order valence-electron chi connectivity index (χ2n) is 8.22. The summed E-state index contributed by atoms with van der Waals surface area (Å²) in [7, 11) is 0. The molecule has 1 unspecified atom stereocenters. The van der Waals surface area contributed by atoms with Crippen LogP contribution < -0.4 is 15.5 Å². The highest BCUT2D eigenvalue weighted by molar-refractivity contribution is 5.68. The van der Waals surface area contributed by atoms with Crippen molar-refractivity contribution in [2.45, 2.75) is 46.1 Å². The summed E-state index contributed by atoms with van der Waals surface area (Å²) in [6.45, 7) is 10.9. The molecule has 4 heterocycles. The molecule has 2 aromatic heterocycles. The standard InChI is InChI=1S/C18H28N6/c1-18(2,3)12-20-16-14-7-10-23(13-5-4-8-19-11-13)17(14)22-15-6-9-21-24(15)16/h6,9,13,19-20H,4-5,7-8,10-12H2,1-3H3. The number of aromatic nitrogens is 3. The third-order valence-corrected chi connectivity index (χ3v) is 4.98. The molecule has 1 atom stereocenters.